The van der Waals surface area contributed by atoms with Gasteiger partial charge in [0.05, 0.1) is 32.6 Å². The van der Waals surface area contributed by atoms with Crippen molar-refractivity contribution in [3.8, 4) is 0 Å². The van der Waals surface area contributed by atoms with Crippen LogP contribution in [0.25, 0.3) is 0 Å². The van der Waals surface area contributed by atoms with Gasteiger partial charge in [0.1, 0.15) is 25.9 Å². The van der Waals surface area contributed by atoms with Crippen LogP contribution in [-0.4, -0.2) is 106 Å². The average molecular weight is 553 g/mol. The van der Waals surface area contributed by atoms with Crippen molar-refractivity contribution in [3.05, 3.63) is 18.2 Å². The first kappa shape index (κ1) is 31.3. The highest BCUT2D eigenvalue weighted by atomic mass is 31.2. The van der Waals surface area contributed by atoms with Crippen molar-refractivity contribution < 1.29 is 37.2 Å². The number of aromatic nitrogens is 2. The zero-order valence-corrected chi connectivity index (χ0v) is 24.1. The number of nitrogens with zero attached hydrogens (tertiary/aromatic N) is 3. The highest BCUT2D eigenvalue weighted by Gasteiger charge is 2.41. The molecule has 0 spiro atoms. The van der Waals surface area contributed by atoms with E-state index in [1.54, 1.807) is 14.0 Å². The number of rotatable bonds is 14. The van der Waals surface area contributed by atoms with Gasteiger partial charge in [-0.15, -0.1) is 0 Å². The second-order valence-corrected chi connectivity index (χ2v) is 12.7. The Bertz CT molecular complexity index is 893. The molecule has 203 valence electrons. The van der Waals surface area contributed by atoms with E-state index in [0.29, 0.717) is 18.7 Å². The van der Waals surface area contributed by atoms with Gasteiger partial charge in [-0.1, -0.05) is 0 Å². The SMILES string of the molecule is [B][B]C1CC(OC)C(COP(OC2CC([B])OC2COP(=O)([O-])n2ccnc2C)N(C(C)C)C(C)C)O1. The van der Waals surface area contributed by atoms with E-state index in [1.165, 1.54) is 19.6 Å². The maximum atomic E-state index is 12.7. The standard InChI is InChI=1S/C21H37B3N3O8P2/c1-13(2)27(14(3)4)36(31-11-18-16(30-6)10-21(24-23)34-18)35-17-9-20(22)33-19(17)12-32-37(28,29)26-8-7-25-15(26)5/h7-8,13-14,16-21H,9-12H2,1-6H3,(H,28,29)/p-1. The predicted octanol–water partition coefficient (Wildman–Crippen LogP) is 1.47. The zero-order valence-electron chi connectivity index (χ0n) is 22.3. The molecule has 0 amide bonds. The molecule has 37 heavy (non-hydrogen) atoms. The Morgan fingerprint density at radius 3 is 2.49 bits per heavy atom. The summed E-state index contributed by atoms with van der Waals surface area (Å²) in [6.07, 6.45) is 2.02. The number of aryl methyl sites for hydroxylation is 1. The Balaban J connectivity index is 1.71. The van der Waals surface area contributed by atoms with Crippen molar-refractivity contribution >= 4 is 39.0 Å². The lowest BCUT2D eigenvalue weighted by Crippen LogP contribution is -2.38. The monoisotopic (exact) mass is 553 g/mol. The van der Waals surface area contributed by atoms with Crippen LogP contribution < -0.4 is 4.89 Å². The maximum Gasteiger partial charge on any atom is 0.259 e. The Morgan fingerprint density at radius 2 is 1.92 bits per heavy atom. The molecule has 0 saturated carbocycles. The number of hydrogen-bond acceptors (Lipinski definition) is 10. The highest BCUT2D eigenvalue weighted by Crippen LogP contribution is 2.50. The first-order valence-electron chi connectivity index (χ1n) is 12.5. The summed E-state index contributed by atoms with van der Waals surface area (Å²) in [4.78, 5) is 16.6. The van der Waals surface area contributed by atoms with Crippen LogP contribution in [0.15, 0.2) is 12.4 Å². The van der Waals surface area contributed by atoms with Gasteiger partial charge in [0, 0.05) is 51.3 Å². The second kappa shape index (κ2) is 13.9. The van der Waals surface area contributed by atoms with E-state index in [2.05, 4.69) is 37.3 Å². The number of hydrogen-bond donors (Lipinski definition) is 0. The van der Waals surface area contributed by atoms with Crippen LogP contribution in [0.5, 0.6) is 0 Å². The van der Waals surface area contributed by atoms with E-state index < -0.39 is 34.5 Å². The lowest BCUT2D eigenvalue weighted by molar-refractivity contribution is -0.204. The molecule has 1 aromatic heterocycles. The summed E-state index contributed by atoms with van der Waals surface area (Å²) in [5, 5.41) is 0. The average Bonchev–Trinajstić information content (AvgIpc) is 3.53. The van der Waals surface area contributed by atoms with E-state index >= 15 is 0 Å². The van der Waals surface area contributed by atoms with Crippen molar-refractivity contribution in [3.63, 3.8) is 0 Å². The molecule has 0 aliphatic carbocycles. The molecule has 8 unspecified atom stereocenters. The minimum absolute atomic E-state index is 0.107. The predicted molar refractivity (Wildman–Crippen MR) is 140 cm³/mol. The lowest BCUT2D eigenvalue weighted by Gasteiger charge is -2.38. The largest absolute Gasteiger partial charge is 0.761 e. The summed E-state index contributed by atoms with van der Waals surface area (Å²) >= 11 is 0. The number of imidazole rings is 1. The fourth-order valence-corrected chi connectivity index (χ4v) is 7.39. The van der Waals surface area contributed by atoms with E-state index in [-0.39, 0.29) is 43.5 Å². The second-order valence-electron chi connectivity index (χ2n) is 9.69. The quantitative estimate of drug-likeness (QED) is 0.248. The Kier molecular flexibility index (Phi) is 11.7. The van der Waals surface area contributed by atoms with Crippen molar-refractivity contribution in [1.82, 2.24) is 14.0 Å². The fourth-order valence-electron chi connectivity index (χ4n) is 4.51. The summed E-state index contributed by atoms with van der Waals surface area (Å²) in [5.74, 6) is 0.301. The van der Waals surface area contributed by atoms with Gasteiger partial charge in [0.15, 0.2) is 0 Å². The normalized spacial score (nSPS) is 30.9. The molecular formula is C21H36B3N3O8P2-. The zero-order chi connectivity index (χ0) is 27.3. The lowest BCUT2D eigenvalue weighted by atomic mass is 9.51. The molecule has 2 aliphatic rings. The summed E-state index contributed by atoms with van der Waals surface area (Å²) in [5.41, 5.74) is 0. The maximum absolute atomic E-state index is 12.7. The van der Waals surface area contributed by atoms with E-state index in [4.69, 9.17) is 43.4 Å². The van der Waals surface area contributed by atoms with Gasteiger partial charge in [0.2, 0.25) is 7.75 Å². The van der Waals surface area contributed by atoms with Gasteiger partial charge in [-0.05, 0) is 47.5 Å². The third kappa shape index (κ3) is 8.13. The highest BCUT2D eigenvalue weighted by molar-refractivity contribution is 7.49. The summed E-state index contributed by atoms with van der Waals surface area (Å²) in [7, 11) is 8.88. The van der Waals surface area contributed by atoms with Gasteiger partial charge >= 0.3 is 0 Å². The third-order valence-electron chi connectivity index (χ3n) is 6.26. The van der Waals surface area contributed by atoms with E-state index in [1.807, 2.05) is 0 Å². The van der Waals surface area contributed by atoms with Gasteiger partial charge in [-0.2, -0.15) is 0 Å². The molecular weight excluding hydrogens is 517 g/mol. The van der Waals surface area contributed by atoms with Crippen LogP contribution in [0.4, 0.5) is 0 Å². The topological polar surface area (TPSA) is 117 Å². The molecule has 1 aromatic rings. The molecule has 11 nitrogen and oxygen atoms in total. The van der Waals surface area contributed by atoms with Crippen LogP contribution in [0.1, 0.15) is 46.4 Å². The van der Waals surface area contributed by atoms with Crippen molar-refractivity contribution in [2.75, 3.05) is 20.3 Å². The molecule has 3 heterocycles. The molecule has 8 atom stereocenters. The van der Waals surface area contributed by atoms with Crippen LogP contribution in [0, 0.1) is 6.92 Å². The smallest absolute Gasteiger partial charge is 0.259 e. The molecule has 0 aromatic carbocycles. The Labute approximate surface area is 224 Å². The molecule has 3 rings (SSSR count). The summed E-state index contributed by atoms with van der Waals surface area (Å²) < 4.78 is 51.2. The first-order chi connectivity index (χ1) is 17.5. The van der Waals surface area contributed by atoms with Gasteiger partial charge < -0.3 is 32.7 Å². The molecule has 16 heteroatoms. The van der Waals surface area contributed by atoms with Crippen LogP contribution in [0.2, 0.25) is 0 Å². The molecule has 0 N–H and O–H groups in total. The van der Waals surface area contributed by atoms with Crippen LogP contribution >= 0.6 is 16.3 Å². The molecule has 2 fully saturated rings. The molecule has 2 aliphatic heterocycles. The number of methoxy groups -OCH3 is 1. The number of ether oxygens (including phenoxy) is 3. The van der Waals surface area contributed by atoms with E-state index in [0.717, 1.165) is 4.34 Å². The van der Waals surface area contributed by atoms with Crippen molar-refractivity contribution in [1.29, 1.82) is 0 Å². The van der Waals surface area contributed by atoms with Crippen LogP contribution in [0.3, 0.4) is 0 Å². The van der Waals surface area contributed by atoms with Crippen LogP contribution in [-0.2, 0) is 32.3 Å². The minimum Gasteiger partial charge on any atom is -0.761 e. The molecule has 2 saturated heterocycles. The Hall–Kier alpha value is -0.255. The first-order valence-corrected chi connectivity index (χ1v) is 15.1. The molecule has 0 bridgehead atoms. The third-order valence-corrected chi connectivity index (χ3v) is 9.81. The van der Waals surface area contributed by atoms with E-state index in [9.17, 15) is 9.46 Å². The van der Waals surface area contributed by atoms with Gasteiger partial charge in [-0.3, -0.25) is 8.90 Å². The van der Waals surface area contributed by atoms with Crippen molar-refractivity contribution in [2.45, 2.75) is 96.0 Å². The summed E-state index contributed by atoms with van der Waals surface area (Å²) in [6.45, 7) is 9.80. The molecule has 5 radical (unpaired) electrons. The van der Waals surface area contributed by atoms with Gasteiger partial charge in [0.25, 0.3) is 8.53 Å². The van der Waals surface area contributed by atoms with Gasteiger partial charge in [-0.25, -0.2) is 9.65 Å². The minimum atomic E-state index is -4.42. The van der Waals surface area contributed by atoms with Crippen molar-refractivity contribution in [2.24, 2.45) is 0 Å². The Morgan fingerprint density at radius 1 is 1.24 bits per heavy atom. The summed E-state index contributed by atoms with van der Waals surface area (Å²) in [6, 6.07) is -0.618. The fraction of sp³-hybridized carbons (Fsp3) is 0.857.